The molecule has 0 bridgehead atoms. The normalized spacial score (nSPS) is 17.0. The quantitative estimate of drug-likeness (QED) is 0.581. The number of methoxy groups -OCH3 is 1. The van der Waals surface area contributed by atoms with Crippen LogP contribution >= 0.6 is 0 Å². The highest BCUT2D eigenvalue weighted by Crippen LogP contribution is 2.34. The second-order valence-electron chi connectivity index (χ2n) is 7.00. The van der Waals surface area contributed by atoms with Crippen LogP contribution in [0.25, 0.3) is 11.4 Å². The van der Waals surface area contributed by atoms with Gasteiger partial charge in [0.15, 0.2) is 0 Å². The van der Waals surface area contributed by atoms with Crippen molar-refractivity contribution in [3.05, 3.63) is 59.9 Å². The van der Waals surface area contributed by atoms with Gasteiger partial charge in [-0.15, -0.1) is 0 Å². The molecular formula is C21H24FN5O2. The van der Waals surface area contributed by atoms with Gasteiger partial charge in [0.25, 0.3) is 0 Å². The molecule has 1 atom stereocenters. The number of rotatable bonds is 8. The second-order valence-corrected chi connectivity index (χ2v) is 7.00. The zero-order valence-electron chi connectivity index (χ0n) is 16.3. The highest BCUT2D eigenvalue weighted by molar-refractivity contribution is 5.69. The summed E-state index contributed by atoms with van der Waals surface area (Å²) in [5, 5.41) is 7.41. The molecule has 3 aromatic rings. The topological polar surface area (TPSA) is 76.3 Å². The van der Waals surface area contributed by atoms with Crippen molar-refractivity contribution in [2.24, 2.45) is 0 Å². The zero-order chi connectivity index (χ0) is 20.1. The van der Waals surface area contributed by atoms with Gasteiger partial charge in [-0.25, -0.2) is 9.37 Å². The summed E-state index contributed by atoms with van der Waals surface area (Å²) in [5.74, 6) is 1.55. The van der Waals surface area contributed by atoms with Gasteiger partial charge in [-0.2, -0.15) is 4.98 Å². The van der Waals surface area contributed by atoms with Crippen LogP contribution in [0.2, 0.25) is 0 Å². The van der Waals surface area contributed by atoms with Crippen molar-refractivity contribution in [1.82, 2.24) is 20.0 Å². The van der Waals surface area contributed by atoms with Gasteiger partial charge in [0.2, 0.25) is 11.7 Å². The first-order chi connectivity index (χ1) is 14.3. The van der Waals surface area contributed by atoms with Crippen LogP contribution in [0, 0.1) is 5.82 Å². The van der Waals surface area contributed by atoms with Gasteiger partial charge in [-0.05, 0) is 37.6 Å². The highest BCUT2D eigenvalue weighted by atomic mass is 19.1. The lowest BCUT2D eigenvalue weighted by Gasteiger charge is -2.21. The predicted octanol–water partition coefficient (Wildman–Crippen LogP) is 3.67. The van der Waals surface area contributed by atoms with E-state index in [1.807, 2.05) is 24.3 Å². The van der Waals surface area contributed by atoms with Crippen molar-refractivity contribution in [2.75, 3.05) is 32.1 Å². The largest absolute Gasteiger partial charge is 0.383 e. The number of pyridine rings is 1. The van der Waals surface area contributed by atoms with Gasteiger partial charge >= 0.3 is 0 Å². The molecule has 0 unspecified atom stereocenters. The standard InChI is InChI=1S/C21H24FN5O2/c1-28-13-11-24-19-16(7-4-10-23-19)20-25-21(29-26-20)18-9-5-12-27(18)14-15-6-2-3-8-17(15)22/h2-4,6-8,10,18H,5,9,11-14H2,1H3,(H,23,24)/t18-/m1/s1. The fraction of sp³-hybridized carbons (Fsp3) is 0.381. The molecule has 1 aliphatic heterocycles. The van der Waals surface area contributed by atoms with E-state index in [9.17, 15) is 4.39 Å². The summed E-state index contributed by atoms with van der Waals surface area (Å²) in [4.78, 5) is 11.2. The number of ether oxygens (including phenoxy) is 1. The Morgan fingerprint density at radius 2 is 2.17 bits per heavy atom. The van der Waals surface area contributed by atoms with Crippen molar-refractivity contribution in [2.45, 2.75) is 25.4 Å². The smallest absolute Gasteiger partial charge is 0.244 e. The molecule has 0 aliphatic carbocycles. The first-order valence-electron chi connectivity index (χ1n) is 9.75. The Bertz CT molecular complexity index is 948. The summed E-state index contributed by atoms with van der Waals surface area (Å²) < 4.78 is 24.8. The molecule has 8 heteroatoms. The van der Waals surface area contributed by atoms with Crippen molar-refractivity contribution in [1.29, 1.82) is 0 Å². The number of likely N-dealkylation sites (tertiary alicyclic amines) is 1. The second kappa shape index (κ2) is 9.11. The van der Waals surface area contributed by atoms with E-state index in [1.54, 1.807) is 19.4 Å². The molecule has 152 valence electrons. The van der Waals surface area contributed by atoms with Crippen molar-refractivity contribution >= 4 is 5.82 Å². The summed E-state index contributed by atoms with van der Waals surface area (Å²) >= 11 is 0. The van der Waals surface area contributed by atoms with Gasteiger partial charge in [0, 0.05) is 32.0 Å². The van der Waals surface area contributed by atoms with Gasteiger partial charge < -0.3 is 14.6 Å². The summed E-state index contributed by atoms with van der Waals surface area (Å²) in [6.07, 6.45) is 3.63. The Labute approximate surface area is 168 Å². The average molecular weight is 397 g/mol. The number of nitrogens with zero attached hydrogens (tertiary/aromatic N) is 4. The fourth-order valence-corrected chi connectivity index (χ4v) is 3.62. The van der Waals surface area contributed by atoms with Gasteiger partial charge in [-0.3, -0.25) is 4.90 Å². The molecule has 1 aliphatic rings. The molecule has 2 aromatic heterocycles. The maximum Gasteiger partial charge on any atom is 0.244 e. The number of anilines is 1. The van der Waals surface area contributed by atoms with Gasteiger partial charge in [-0.1, -0.05) is 23.4 Å². The molecular weight excluding hydrogens is 373 g/mol. The highest BCUT2D eigenvalue weighted by Gasteiger charge is 2.31. The zero-order valence-corrected chi connectivity index (χ0v) is 16.3. The van der Waals surface area contributed by atoms with E-state index in [1.165, 1.54) is 6.07 Å². The van der Waals surface area contributed by atoms with Crippen molar-refractivity contribution in [3.63, 3.8) is 0 Å². The van der Waals surface area contributed by atoms with Crippen LogP contribution in [0.1, 0.15) is 30.3 Å². The number of benzene rings is 1. The van der Waals surface area contributed by atoms with E-state index in [-0.39, 0.29) is 11.9 Å². The number of nitrogens with one attached hydrogen (secondary N) is 1. The molecule has 7 nitrogen and oxygen atoms in total. The lowest BCUT2D eigenvalue weighted by Crippen LogP contribution is -2.23. The van der Waals surface area contributed by atoms with E-state index in [2.05, 4.69) is 25.3 Å². The SMILES string of the molecule is COCCNc1ncccc1-c1noc([C@H]2CCCN2Cc2ccccc2F)n1. The average Bonchev–Trinajstić information content (AvgIpc) is 3.40. The van der Waals surface area contributed by atoms with E-state index in [0.29, 0.717) is 42.8 Å². The molecule has 1 fully saturated rings. The van der Waals surface area contributed by atoms with Crippen LogP contribution in [0.15, 0.2) is 47.1 Å². The van der Waals surface area contributed by atoms with Crippen LogP contribution in [-0.2, 0) is 11.3 Å². The predicted molar refractivity (Wildman–Crippen MR) is 107 cm³/mol. The maximum absolute atomic E-state index is 14.1. The van der Waals surface area contributed by atoms with Gasteiger partial charge in [0.05, 0.1) is 18.2 Å². The van der Waals surface area contributed by atoms with E-state index >= 15 is 0 Å². The summed E-state index contributed by atoms with van der Waals surface area (Å²) in [6.45, 7) is 2.59. The Morgan fingerprint density at radius 1 is 1.28 bits per heavy atom. The number of halogens is 1. The van der Waals surface area contributed by atoms with Crippen LogP contribution in [0.3, 0.4) is 0 Å². The molecule has 1 N–H and O–H groups in total. The Hall–Kier alpha value is -2.84. The third-order valence-corrected chi connectivity index (χ3v) is 5.07. The monoisotopic (exact) mass is 397 g/mol. The first kappa shape index (κ1) is 19.5. The summed E-state index contributed by atoms with van der Waals surface area (Å²) in [5.41, 5.74) is 1.45. The molecule has 1 saturated heterocycles. The molecule has 0 spiro atoms. The minimum absolute atomic E-state index is 0.0163. The van der Waals surface area contributed by atoms with E-state index in [0.717, 1.165) is 24.9 Å². The molecule has 3 heterocycles. The molecule has 0 radical (unpaired) electrons. The van der Waals surface area contributed by atoms with Gasteiger partial charge in [0.1, 0.15) is 11.6 Å². The minimum atomic E-state index is -0.188. The number of hydrogen-bond acceptors (Lipinski definition) is 7. The van der Waals surface area contributed by atoms with E-state index < -0.39 is 0 Å². The Kier molecular flexibility index (Phi) is 6.12. The molecule has 4 rings (SSSR count). The van der Waals surface area contributed by atoms with Crippen LogP contribution in [-0.4, -0.2) is 46.8 Å². The molecule has 0 amide bonds. The van der Waals surface area contributed by atoms with Crippen LogP contribution in [0.5, 0.6) is 0 Å². The van der Waals surface area contributed by atoms with Crippen LogP contribution in [0.4, 0.5) is 10.2 Å². The Balaban J connectivity index is 1.52. The lowest BCUT2D eigenvalue weighted by molar-refractivity contribution is 0.199. The Morgan fingerprint density at radius 3 is 3.03 bits per heavy atom. The molecule has 1 aromatic carbocycles. The van der Waals surface area contributed by atoms with Crippen molar-refractivity contribution < 1.29 is 13.7 Å². The summed E-state index contributed by atoms with van der Waals surface area (Å²) in [6, 6.07) is 10.6. The molecule has 29 heavy (non-hydrogen) atoms. The maximum atomic E-state index is 14.1. The van der Waals surface area contributed by atoms with Crippen LogP contribution < -0.4 is 5.32 Å². The fourth-order valence-electron chi connectivity index (χ4n) is 3.62. The molecule has 0 saturated carbocycles. The number of hydrogen-bond donors (Lipinski definition) is 1. The van der Waals surface area contributed by atoms with Crippen molar-refractivity contribution in [3.8, 4) is 11.4 Å². The summed E-state index contributed by atoms with van der Waals surface area (Å²) in [7, 11) is 1.65. The number of aromatic nitrogens is 3. The third kappa shape index (κ3) is 4.44. The third-order valence-electron chi connectivity index (χ3n) is 5.07. The lowest BCUT2D eigenvalue weighted by atomic mass is 10.1. The first-order valence-corrected chi connectivity index (χ1v) is 9.75. The van der Waals surface area contributed by atoms with E-state index in [4.69, 9.17) is 9.26 Å². The minimum Gasteiger partial charge on any atom is -0.383 e.